The largest absolute Gasteiger partial charge is 0.478 e. The van der Waals surface area contributed by atoms with Crippen LogP contribution in [0, 0.1) is 0 Å². The van der Waals surface area contributed by atoms with Crippen LogP contribution in [-0.4, -0.2) is 17.6 Å². The molecule has 0 bridgehead atoms. The lowest BCUT2D eigenvalue weighted by Gasteiger charge is -2.24. The Hall–Kier alpha value is -2.29. The molecule has 0 aliphatic rings. The van der Waals surface area contributed by atoms with Crippen molar-refractivity contribution in [3.8, 4) is 0 Å². The Labute approximate surface area is 106 Å². The topological polar surface area (TPSA) is 40.5 Å². The van der Waals surface area contributed by atoms with E-state index in [1.165, 1.54) is 0 Å². The average Bonchev–Trinajstić information content (AvgIpc) is 2.41. The fourth-order valence-corrected chi connectivity index (χ4v) is 1.99. The number of hydrogen-bond acceptors (Lipinski definition) is 2. The number of hydrogen-bond donors (Lipinski definition) is 1. The average molecular weight is 241 g/mol. The van der Waals surface area contributed by atoms with Crippen molar-refractivity contribution in [2.45, 2.75) is 6.92 Å². The summed E-state index contributed by atoms with van der Waals surface area (Å²) >= 11 is 0. The molecule has 0 aromatic heterocycles. The zero-order valence-corrected chi connectivity index (χ0v) is 10.2. The van der Waals surface area contributed by atoms with E-state index < -0.39 is 5.97 Å². The third-order valence-electron chi connectivity index (χ3n) is 2.81. The normalized spacial score (nSPS) is 10.1. The highest BCUT2D eigenvalue weighted by molar-refractivity contribution is 5.95. The maximum absolute atomic E-state index is 11.2. The lowest BCUT2D eigenvalue weighted by Crippen LogP contribution is -2.18. The van der Waals surface area contributed by atoms with Crippen LogP contribution in [0.2, 0.25) is 0 Å². The van der Waals surface area contributed by atoms with Crippen molar-refractivity contribution in [1.82, 2.24) is 0 Å². The van der Waals surface area contributed by atoms with Crippen LogP contribution in [0.4, 0.5) is 11.4 Å². The second-order valence-electron chi connectivity index (χ2n) is 3.90. The van der Waals surface area contributed by atoms with E-state index in [1.54, 1.807) is 12.1 Å². The summed E-state index contributed by atoms with van der Waals surface area (Å²) in [6.07, 6.45) is 0. The minimum absolute atomic E-state index is 0.322. The van der Waals surface area contributed by atoms with E-state index in [4.69, 9.17) is 0 Å². The summed E-state index contributed by atoms with van der Waals surface area (Å²) in [5, 5.41) is 9.23. The highest BCUT2D eigenvalue weighted by atomic mass is 16.4. The van der Waals surface area contributed by atoms with Crippen molar-refractivity contribution in [3.05, 3.63) is 60.2 Å². The molecule has 3 heteroatoms. The molecule has 2 rings (SSSR count). The van der Waals surface area contributed by atoms with Gasteiger partial charge in [-0.15, -0.1) is 0 Å². The Bertz CT molecular complexity index is 537. The van der Waals surface area contributed by atoms with Crippen molar-refractivity contribution < 1.29 is 9.90 Å². The summed E-state index contributed by atoms with van der Waals surface area (Å²) in [4.78, 5) is 13.2. The Morgan fingerprint density at radius 1 is 1.06 bits per heavy atom. The van der Waals surface area contributed by atoms with E-state index in [0.29, 0.717) is 12.1 Å². The smallest absolute Gasteiger partial charge is 0.337 e. The summed E-state index contributed by atoms with van der Waals surface area (Å²) in [5.74, 6) is -0.903. The van der Waals surface area contributed by atoms with Crippen molar-refractivity contribution in [2.75, 3.05) is 11.4 Å². The molecule has 0 fully saturated rings. The zero-order chi connectivity index (χ0) is 13.0. The molecule has 18 heavy (non-hydrogen) atoms. The van der Waals surface area contributed by atoms with Gasteiger partial charge in [0.05, 0.1) is 11.3 Å². The summed E-state index contributed by atoms with van der Waals surface area (Å²) in [5.41, 5.74) is 2.04. The van der Waals surface area contributed by atoms with Crippen molar-refractivity contribution in [1.29, 1.82) is 0 Å². The van der Waals surface area contributed by atoms with Crippen LogP contribution >= 0.6 is 0 Å². The molecule has 0 aliphatic heterocycles. The SMILES string of the molecule is CCN(c1ccccc1)c1ccccc1C(=O)O. The van der Waals surface area contributed by atoms with E-state index in [2.05, 4.69) is 0 Å². The monoisotopic (exact) mass is 241 g/mol. The Morgan fingerprint density at radius 3 is 2.28 bits per heavy atom. The van der Waals surface area contributed by atoms with Gasteiger partial charge in [0.15, 0.2) is 0 Å². The lowest BCUT2D eigenvalue weighted by atomic mass is 10.1. The molecule has 1 N–H and O–H groups in total. The molecule has 0 saturated carbocycles. The van der Waals surface area contributed by atoms with Crippen LogP contribution < -0.4 is 4.90 Å². The molecular weight excluding hydrogens is 226 g/mol. The fraction of sp³-hybridized carbons (Fsp3) is 0.133. The molecule has 0 amide bonds. The first-order valence-corrected chi connectivity index (χ1v) is 5.89. The molecule has 2 aromatic rings. The van der Waals surface area contributed by atoms with Gasteiger partial charge in [0.25, 0.3) is 0 Å². The summed E-state index contributed by atoms with van der Waals surface area (Å²) < 4.78 is 0. The summed E-state index contributed by atoms with van der Waals surface area (Å²) in [6.45, 7) is 2.72. The molecule has 0 heterocycles. The van der Waals surface area contributed by atoms with Crippen LogP contribution in [-0.2, 0) is 0 Å². The molecule has 0 aliphatic carbocycles. The molecule has 0 radical (unpaired) electrons. The van der Waals surface area contributed by atoms with Crippen molar-refractivity contribution in [2.24, 2.45) is 0 Å². The van der Waals surface area contributed by atoms with E-state index in [-0.39, 0.29) is 0 Å². The number of nitrogens with zero attached hydrogens (tertiary/aromatic N) is 1. The number of carboxylic acid groups (broad SMARTS) is 1. The van der Waals surface area contributed by atoms with Gasteiger partial charge < -0.3 is 10.0 Å². The van der Waals surface area contributed by atoms with E-state index in [0.717, 1.165) is 11.4 Å². The van der Waals surface area contributed by atoms with Gasteiger partial charge >= 0.3 is 5.97 Å². The van der Waals surface area contributed by atoms with Crippen molar-refractivity contribution in [3.63, 3.8) is 0 Å². The molecule has 0 atom stereocenters. The standard InChI is InChI=1S/C15H15NO2/c1-2-16(12-8-4-3-5-9-12)14-11-7-6-10-13(14)15(17)18/h3-11H,2H2,1H3,(H,17,18). The highest BCUT2D eigenvalue weighted by Crippen LogP contribution is 2.28. The first-order chi connectivity index (χ1) is 8.74. The lowest BCUT2D eigenvalue weighted by molar-refractivity contribution is 0.0697. The molecule has 92 valence electrons. The van der Waals surface area contributed by atoms with Gasteiger partial charge in [-0.05, 0) is 31.2 Å². The van der Waals surface area contributed by atoms with Crippen LogP contribution in [0.15, 0.2) is 54.6 Å². The van der Waals surface area contributed by atoms with Gasteiger partial charge in [-0.2, -0.15) is 0 Å². The van der Waals surface area contributed by atoms with Gasteiger partial charge in [-0.25, -0.2) is 4.79 Å². The van der Waals surface area contributed by atoms with Crippen LogP contribution in [0.1, 0.15) is 17.3 Å². The van der Waals surface area contributed by atoms with Gasteiger partial charge in [0.1, 0.15) is 0 Å². The number of para-hydroxylation sites is 2. The summed E-state index contributed by atoms with van der Waals surface area (Å²) in [7, 11) is 0. The molecule has 3 nitrogen and oxygen atoms in total. The number of benzene rings is 2. The predicted octanol–water partition coefficient (Wildman–Crippen LogP) is 3.54. The number of carbonyl (C=O) groups is 1. The van der Waals surface area contributed by atoms with E-state index in [1.807, 2.05) is 54.3 Å². The van der Waals surface area contributed by atoms with Crippen molar-refractivity contribution >= 4 is 17.3 Å². The molecule has 2 aromatic carbocycles. The summed E-state index contributed by atoms with van der Waals surface area (Å²) in [6, 6.07) is 16.8. The number of rotatable bonds is 4. The predicted molar refractivity (Wildman–Crippen MR) is 72.5 cm³/mol. The first kappa shape index (κ1) is 12.2. The van der Waals surface area contributed by atoms with Gasteiger partial charge in [-0.3, -0.25) is 0 Å². The maximum atomic E-state index is 11.2. The van der Waals surface area contributed by atoms with Crippen LogP contribution in [0.25, 0.3) is 0 Å². The third kappa shape index (κ3) is 2.35. The number of anilines is 2. The quantitative estimate of drug-likeness (QED) is 0.890. The van der Waals surface area contributed by atoms with E-state index >= 15 is 0 Å². The Morgan fingerprint density at radius 2 is 1.67 bits per heavy atom. The van der Waals surface area contributed by atoms with Gasteiger partial charge in [0.2, 0.25) is 0 Å². The first-order valence-electron chi connectivity index (χ1n) is 5.89. The van der Waals surface area contributed by atoms with Crippen LogP contribution in [0.5, 0.6) is 0 Å². The van der Waals surface area contributed by atoms with Gasteiger partial charge in [0, 0.05) is 12.2 Å². The third-order valence-corrected chi connectivity index (χ3v) is 2.81. The fourth-order valence-electron chi connectivity index (χ4n) is 1.99. The Balaban J connectivity index is 2.49. The molecule has 0 unspecified atom stereocenters. The number of aromatic carboxylic acids is 1. The maximum Gasteiger partial charge on any atom is 0.337 e. The zero-order valence-electron chi connectivity index (χ0n) is 10.2. The van der Waals surface area contributed by atoms with E-state index in [9.17, 15) is 9.90 Å². The molecular formula is C15H15NO2. The highest BCUT2D eigenvalue weighted by Gasteiger charge is 2.15. The van der Waals surface area contributed by atoms with Gasteiger partial charge in [-0.1, -0.05) is 30.3 Å². The second kappa shape index (κ2) is 5.36. The minimum Gasteiger partial charge on any atom is -0.478 e. The van der Waals surface area contributed by atoms with Crippen LogP contribution in [0.3, 0.4) is 0 Å². The minimum atomic E-state index is -0.903. The molecule has 0 spiro atoms. The molecule has 0 saturated heterocycles. The Kier molecular flexibility index (Phi) is 3.63. The number of carboxylic acids is 1. The second-order valence-corrected chi connectivity index (χ2v) is 3.90.